The monoisotopic (exact) mass is 525 g/mol. The SMILES string of the molecule is CCC(C)c1ccccc1OCCCn1cc(/C=C2\C(=O)NC(=O)N(Cc3ccco3)C2=O)c2ccccc21. The second kappa shape index (κ2) is 11.4. The zero-order valence-electron chi connectivity index (χ0n) is 22.1. The van der Waals surface area contributed by atoms with Crippen LogP contribution in [0.1, 0.15) is 49.5 Å². The van der Waals surface area contributed by atoms with E-state index in [-0.39, 0.29) is 12.1 Å². The summed E-state index contributed by atoms with van der Waals surface area (Å²) in [5, 5.41) is 3.17. The molecule has 1 N–H and O–H groups in total. The first-order chi connectivity index (χ1) is 19.0. The van der Waals surface area contributed by atoms with Crippen molar-refractivity contribution in [1.82, 2.24) is 14.8 Å². The third-order valence-corrected chi connectivity index (χ3v) is 7.06. The van der Waals surface area contributed by atoms with Crippen molar-refractivity contribution >= 4 is 34.8 Å². The smallest absolute Gasteiger partial charge is 0.331 e. The number of hydrogen-bond donors (Lipinski definition) is 1. The summed E-state index contributed by atoms with van der Waals surface area (Å²) in [5.74, 6) is 0.411. The molecule has 0 radical (unpaired) electrons. The van der Waals surface area contributed by atoms with Gasteiger partial charge in [-0.05, 0) is 54.7 Å². The molecule has 8 heteroatoms. The molecule has 2 aromatic carbocycles. The van der Waals surface area contributed by atoms with Gasteiger partial charge in [-0.15, -0.1) is 0 Å². The van der Waals surface area contributed by atoms with Gasteiger partial charge in [0.05, 0.1) is 19.4 Å². The summed E-state index contributed by atoms with van der Waals surface area (Å²) in [7, 11) is 0. The normalized spacial score (nSPS) is 15.7. The molecule has 5 rings (SSSR count). The molecule has 0 bridgehead atoms. The third-order valence-electron chi connectivity index (χ3n) is 7.06. The molecule has 1 aliphatic heterocycles. The Kier molecular flexibility index (Phi) is 7.63. The molecule has 1 atom stereocenters. The molecule has 39 heavy (non-hydrogen) atoms. The van der Waals surface area contributed by atoms with Crippen molar-refractivity contribution in [3.05, 3.63) is 95.6 Å². The highest BCUT2D eigenvalue weighted by Crippen LogP contribution is 2.29. The number of aryl methyl sites for hydroxylation is 1. The summed E-state index contributed by atoms with van der Waals surface area (Å²) in [6.07, 6.45) is 6.77. The zero-order valence-corrected chi connectivity index (χ0v) is 22.1. The van der Waals surface area contributed by atoms with Gasteiger partial charge in [-0.2, -0.15) is 0 Å². The number of fused-ring (bicyclic) bond motifs is 1. The average Bonchev–Trinajstić information content (AvgIpc) is 3.59. The minimum Gasteiger partial charge on any atom is -0.493 e. The van der Waals surface area contributed by atoms with E-state index in [1.807, 2.05) is 48.7 Å². The summed E-state index contributed by atoms with van der Waals surface area (Å²) >= 11 is 0. The van der Waals surface area contributed by atoms with E-state index in [4.69, 9.17) is 9.15 Å². The van der Waals surface area contributed by atoms with E-state index < -0.39 is 17.8 Å². The maximum absolute atomic E-state index is 13.2. The first-order valence-corrected chi connectivity index (χ1v) is 13.2. The summed E-state index contributed by atoms with van der Waals surface area (Å²) in [6, 6.07) is 18.6. The van der Waals surface area contributed by atoms with Gasteiger partial charge in [0.25, 0.3) is 11.8 Å². The molecule has 3 heterocycles. The van der Waals surface area contributed by atoms with Crippen LogP contribution in [0.3, 0.4) is 0 Å². The molecule has 1 fully saturated rings. The highest BCUT2D eigenvalue weighted by Gasteiger charge is 2.36. The number of barbiturate groups is 1. The van der Waals surface area contributed by atoms with Crippen molar-refractivity contribution in [2.24, 2.45) is 0 Å². The van der Waals surface area contributed by atoms with Crippen LogP contribution in [0.2, 0.25) is 0 Å². The molecular formula is C31H31N3O5. The van der Waals surface area contributed by atoms with Gasteiger partial charge in [0, 0.05) is 29.2 Å². The van der Waals surface area contributed by atoms with Gasteiger partial charge in [-0.3, -0.25) is 19.8 Å². The standard InChI is InChI=1S/C31H31N3O5/c1-3-21(2)24-11-5-7-14-28(24)39-17-9-15-33-19-22(25-12-4-6-13-27(25)33)18-26-29(35)32-31(37)34(30(26)36)20-23-10-8-16-38-23/h4-8,10-14,16,18-19,21H,3,9,15,17,20H2,1-2H3,(H,32,35,37)/b26-18+. The van der Waals surface area contributed by atoms with Gasteiger partial charge in [0.15, 0.2) is 0 Å². The Bertz CT molecular complexity index is 1530. The zero-order chi connectivity index (χ0) is 27.4. The minimum absolute atomic E-state index is 0.0653. The molecule has 4 amide bonds. The lowest BCUT2D eigenvalue weighted by molar-refractivity contribution is -0.130. The topological polar surface area (TPSA) is 93.8 Å². The lowest BCUT2D eigenvalue weighted by atomic mass is 9.98. The van der Waals surface area contributed by atoms with E-state index >= 15 is 0 Å². The summed E-state index contributed by atoms with van der Waals surface area (Å²) in [6.45, 7) is 5.56. The molecular weight excluding hydrogens is 494 g/mol. The van der Waals surface area contributed by atoms with Crippen LogP contribution in [0.4, 0.5) is 4.79 Å². The van der Waals surface area contributed by atoms with Gasteiger partial charge >= 0.3 is 6.03 Å². The summed E-state index contributed by atoms with van der Waals surface area (Å²) < 4.78 is 13.5. The molecule has 8 nitrogen and oxygen atoms in total. The number of amides is 4. The van der Waals surface area contributed by atoms with Crippen LogP contribution in [-0.2, 0) is 22.7 Å². The van der Waals surface area contributed by atoms with Crippen LogP contribution < -0.4 is 10.1 Å². The van der Waals surface area contributed by atoms with Crippen LogP contribution in [0.25, 0.3) is 17.0 Å². The van der Waals surface area contributed by atoms with Crippen LogP contribution in [0.5, 0.6) is 5.75 Å². The fourth-order valence-electron chi connectivity index (χ4n) is 4.78. The van der Waals surface area contributed by atoms with E-state index in [9.17, 15) is 14.4 Å². The number of rotatable bonds is 10. The predicted octanol–water partition coefficient (Wildman–Crippen LogP) is 5.88. The fraction of sp³-hybridized carbons (Fsp3) is 0.258. The van der Waals surface area contributed by atoms with Crippen LogP contribution in [-0.4, -0.2) is 33.9 Å². The number of imide groups is 2. The van der Waals surface area contributed by atoms with Crippen molar-refractivity contribution in [1.29, 1.82) is 0 Å². The highest BCUT2D eigenvalue weighted by atomic mass is 16.5. The van der Waals surface area contributed by atoms with Gasteiger partial charge in [0.2, 0.25) is 0 Å². The predicted molar refractivity (Wildman–Crippen MR) is 148 cm³/mol. The van der Waals surface area contributed by atoms with E-state index in [1.54, 1.807) is 18.2 Å². The number of benzene rings is 2. The largest absolute Gasteiger partial charge is 0.493 e. The average molecular weight is 526 g/mol. The number of carbonyl (C=O) groups is 3. The van der Waals surface area contributed by atoms with E-state index in [1.165, 1.54) is 11.8 Å². The van der Waals surface area contributed by atoms with E-state index in [0.717, 1.165) is 40.0 Å². The van der Waals surface area contributed by atoms with Gasteiger partial charge in [0.1, 0.15) is 17.1 Å². The number of para-hydroxylation sites is 2. The third kappa shape index (κ3) is 5.50. The van der Waals surface area contributed by atoms with Crippen molar-refractivity contribution in [3.63, 3.8) is 0 Å². The molecule has 1 aliphatic rings. The van der Waals surface area contributed by atoms with E-state index in [2.05, 4.69) is 29.8 Å². The maximum atomic E-state index is 13.2. The van der Waals surface area contributed by atoms with Gasteiger partial charge in [-0.1, -0.05) is 50.2 Å². The number of carbonyl (C=O) groups excluding carboxylic acids is 3. The Labute approximate surface area is 226 Å². The molecule has 4 aromatic rings. The quantitative estimate of drug-likeness (QED) is 0.159. The lowest BCUT2D eigenvalue weighted by Crippen LogP contribution is -2.53. The molecule has 2 aromatic heterocycles. The maximum Gasteiger partial charge on any atom is 0.331 e. The first kappa shape index (κ1) is 26.0. The van der Waals surface area contributed by atoms with Crippen molar-refractivity contribution in [3.8, 4) is 5.75 Å². The van der Waals surface area contributed by atoms with Crippen molar-refractivity contribution in [2.45, 2.75) is 45.7 Å². The molecule has 200 valence electrons. The Hall–Kier alpha value is -4.59. The Morgan fingerprint density at radius 2 is 1.82 bits per heavy atom. The second-order valence-electron chi connectivity index (χ2n) is 9.63. The Balaban J connectivity index is 1.34. The first-order valence-electron chi connectivity index (χ1n) is 13.2. The number of nitrogens with zero attached hydrogens (tertiary/aromatic N) is 2. The van der Waals surface area contributed by atoms with Crippen molar-refractivity contribution < 1.29 is 23.5 Å². The molecule has 1 unspecified atom stereocenters. The number of hydrogen-bond acceptors (Lipinski definition) is 5. The highest BCUT2D eigenvalue weighted by molar-refractivity contribution is 6.31. The molecule has 0 aliphatic carbocycles. The second-order valence-corrected chi connectivity index (χ2v) is 9.63. The van der Waals surface area contributed by atoms with Crippen LogP contribution in [0.15, 0.2) is 83.1 Å². The molecule has 0 saturated carbocycles. The minimum atomic E-state index is -0.768. The van der Waals surface area contributed by atoms with Crippen molar-refractivity contribution in [2.75, 3.05) is 6.61 Å². The Morgan fingerprint density at radius 3 is 2.62 bits per heavy atom. The number of furan rings is 1. The number of aromatic nitrogens is 1. The molecule has 0 spiro atoms. The van der Waals surface area contributed by atoms with Gasteiger partial charge in [-0.25, -0.2) is 4.79 Å². The summed E-state index contributed by atoms with van der Waals surface area (Å²) in [5.41, 5.74) is 2.82. The van der Waals surface area contributed by atoms with E-state index in [0.29, 0.717) is 24.8 Å². The summed E-state index contributed by atoms with van der Waals surface area (Å²) in [4.78, 5) is 39.2. The van der Waals surface area contributed by atoms with Crippen LogP contribution in [0, 0.1) is 0 Å². The number of ether oxygens (including phenoxy) is 1. The lowest BCUT2D eigenvalue weighted by Gasteiger charge is -2.25. The fourth-order valence-corrected chi connectivity index (χ4v) is 4.78. The number of nitrogens with one attached hydrogen (secondary N) is 1. The number of urea groups is 1. The van der Waals surface area contributed by atoms with Gasteiger partial charge < -0.3 is 13.7 Å². The molecule has 1 saturated heterocycles. The Morgan fingerprint density at radius 1 is 1.03 bits per heavy atom. The van der Waals surface area contributed by atoms with Crippen LogP contribution >= 0.6 is 0 Å².